The summed E-state index contributed by atoms with van der Waals surface area (Å²) in [6.45, 7) is 0. The highest BCUT2D eigenvalue weighted by Gasteiger charge is 2.33. The van der Waals surface area contributed by atoms with Crippen molar-refractivity contribution in [3.05, 3.63) is 32.9 Å². The summed E-state index contributed by atoms with van der Waals surface area (Å²) < 4.78 is 42.1. The zero-order chi connectivity index (χ0) is 12.3. The van der Waals surface area contributed by atoms with Gasteiger partial charge in [-0.2, -0.15) is 13.2 Å². The number of carbonyl (C=O) groups is 1. The van der Waals surface area contributed by atoms with Gasteiger partial charge < -0.3 is 4.74 Å². The molecule has 0 saturated heterocycles. The number of alkyl halides is 3. The lowest BCUT2D eigenvalue weighted by molar-refractivity contribution is -0.140. The Morgan fingerprint density at radius 2 is 2.06 bits per heavy atom. The number of hydrogen-bond acceptors (Lipinski definition) is 2. The Morgan fingerprint density at radius 3 is 2.56 bits per heavy atom. The van der Waals surface area contributed by atoms with Crippen LogP contribution in [0, 0.1) is 3.57 Å². The molecule has 0 amide bonds. The zero-order valence-corrected chi connectivity index (χ0v) is 10.4. The number of esters is 1. The van der Waals surface area contributed by atoms with E-state index in [-0.39, 0.29) is 9.99 Å². The quantitative estimate of drug-likeness (QED) is 0.609. The maximum atomic E-state index is 12.5. The highest BCUT2D eigenvalue weighted by Crippen LogP contribution is 2.33. The van der Waals surface area contributed by atoms with E-state index in [9.17, 15) is 18.0 Å². The zero-order valence-electron chi connectivity index (χ0n) is 8.27. The van der Waals surface area contributed by atoms with Crippen LogP contribution in [0.1, 0.15) is 11.1 Å². The van der Waals surface area contributed by atoms with E-state index in [1.165, 1.54) is 19.2 Å². The van der Waals surface area contributed by atoms with Crippen LogP contribution in [-0.4, -0.2) is 13.1 Å². The van der Waals surface area contributed by atoms with Gasteiger partial charge in [-0.1, -0.05) is 6.07 Å². The van der Waals surface area contributed by atoms with Crippen LogP contribution in [0.15, 0.2) is 18.2 Å². The van der Waals surface area contributed by atoms with Gasteiger partial charge in [0.2, 0.25) is 0 Å². The van der Waals surface area contributed by atoms with Gasteiger partial charge >= 0.3 is 12.1 Å². The lowest BCUT2D eigenvalue weighted by Gasteiger charge is -2.10. The molecule has 0 spiro atoms. The minimum Gasteiger partial charge on any atom is -0.469 e. The molecule has 0 unspecified atom stereocenters. The molecule has 0 N–H and O–H groups in total. The summed E-state index contributed by atoms with van der Waals surface area (Å²) in [5, 5.41) is 0. The number of rotatable bonds is 2. The molecule has 1 aromatic carbocycles. The van der Waals surface area contributed by atoms with Crippen LogP contribution in [0.25, 0.3) is 0 Å². The Labute approximate surface area is 104 Å². The summed E-state index contributed by atoms with van der Waals surface area (Å²) >= 11 is 1.61. The molecule has 0 atom stereocenters. The Kier molecular flexibility index (Phi) is 4.17. The molecular formula is C10H8F3IO2. The Balaban J connectivity index is 3.03. The fourth-order valence-corrected chi connectivity index (χ4v) is 1.78. The van der Waals surface area contributed by atoms with Crippen LogP contribution in [0.5, 0.6) is 0 Å². The SMILES string of the molecule is COC(=O)Cc1ccc(I)c(C(F)(F)F)c1. The first-order valence-electron chi connectivity index (χ1n) is 4.27. The molecule has 0 heterocycles. The van der Waals surface area contributed by atoms with Crippen molar-refractivity contribution in [3.8, 4) is 0 Å². The molecule has 0 aromatic heterocycles. The molecule has 0 radical (unpaired) electrons. The average molecular weight is 344 g/mol. The molecular weight excluding hydrogens is 336 g/mol. The van der Waals surface area contributed by atoms with Gasteiger partial charge in [0.15, 0.2) is 0 Å². The van der Waals surface area contributed by atoms with Crippen LogP contribution in [0.2, 0.25) is 0 Å². The molecule has 6 heteroatoms. The summed E-state index contributed by atoms with van der Waals surface area (Å²) in [5.41, 5.74) is -0.436. The van der Waals surface area contributed by atoms with E-state index in [1.807, 2.05) is 0 Å². The molecule has 0 aliphatic rings. The molecule has 0 fully saturated rings. The normalized spacial score (nSPS) is 11.3. The summed E-state index contributed by atoms with van der Waals surface area (Å²) in [6, 6.07) is 3.79. The van der Waals surface area contributed by atoms with Crippen molar-refractivity contribution in [2.24, 2.45) is 0 Å². The molecule has 88 valence electrons. The molecule has 16 heavy (non-hydrogen) atoms. The summed E-state index contributed by atoms with van der Waals surface area (Å²) in [6.07, 6.45) is -4.56. The second-order valence-electron chi connectivity index (χ2n) is 3.06. The van der Waals surface area contributed by atoms with E-state index in [0.717, 1.165) is 6.07 Å². The lowest BCUT2D eigenvalue weighted by Crippen LogP contribution is -2.10. The van der Waals surface area contributed by atoms with Crippen molar-refractivity contribution >= 4 is 28.6 Å². The number of halogens is 4. The van der Waals surface area contributed by atoms with Gasteiger partial charge in [0.1, 0.15) is 0 Å². The van der Waals surface area contributed by atoms with Crippen molar-refractivity contribution < 1.29 is 22.7 Å². The fraction of sp³-hybridized carbons (Fsp3) is 0.300. The van der Waals surface area contributed by atoms with Crippen LogP contribution in [-0.2, 0) is 22.1 Å². The third kappa shape index (κ3) is 3.36. The topological polar surface area (TPSA) is 26.3 Å². The Hall–Kier alpha value is -0.790. The molecule has 1 rings (SSSR count). The van der Waals surface area contributed by atoms with Gasteiger partial charge in [-0.15, -0.1) is 0 Å². The highest BCUT2D eigenvalue weighted by molar-refractivity contribution is 14.1. The first kappa shape index (κ1) is 13.3. The maximum absolute atomic E-state index is 12.5. The number of hydrogen-bond donors (Lipinski definition) is 0. The number of benzene rings is 1. The van der Waals surface area contributed by atoms with Crippen molar-refractivity contribution in [2.45, 2.75) is 12.6 Å². The van der Waals surface area contributed by atoms with E-state index >= 15 is 0 Å². The van der Waals surface area contributed by atoms with E-state index < -0.39 is 17.7 Å². The van der Waals surface area contributed by atoms with Crippen LogP contribution in [0.3, 0.4) is 0 Å². The van der Waals surface area contributed by atoms with Gasteiger partial charge in [0.05, 0.1) is 19.1 Å². The molecule has 0 aliphatic carbocycles. The average Bonchev–Trinajstić information content (AvgIpc) is 2.19. The van der Waals surface area contributed by atoms with E-state index in [4.69, 9.17) is 0 Å². The van der Waals surface area contributed by atoms with E-state index in [2.05, 4.69) is 4.74 Å². The maximum Gasteiger partial charge on any atom is 0.417 e. The Bertz CT molecular complexity index is 402. The minimum absolute atomic E-state index is 0.110. The lowest BCUT2D eigenvalue weighted by atomic mass is 10.1. The Morgan fingerprint density at radius 1 is 1.44 bits per heavy atom. The van der Waals surface area contributed by atoms with E-state index in [0.29, 0.717) is 5.56 Å². The second kappa shape index (κ2) is 5.03. The second-order valence-corrected chi connectivity index (χ2v) is 4.23. The smallest absolute Gasteiger partial charge is 0.417 e. The minimum atomic E-state index is -4.40. The van der Waals surface area contributed by atoms with Gasteiger partial charge in [0.25, 0.3) is 0 Å². The molecule has 0 aliphatic heterocycles. The van der Waals surface area contributed by atoms with Crippen molar-refractivity contribution in [2.75, 3.05) is 7.11 Å². The molecule has 2 nitrogen and oxygen atoms in total. The van der Waals surface area contributed by atoms with Crippen LogP contribution in [0.4, 0.5) is 13.2 Å². The van der Waals surface area contributed by atoms with Crippen molar-refractivity contribution in [3.63, 3.8) is 0 Å². The number of ether oxygens (including phenoxy) is 1. The standard InChI is InChI=1S/C10H8F3IO2/c1-16-9(15)5-6-2-3-8(14)7(4-6)10(11,12)13/h2-4H,5H2,1H3. The first-order valence-corrected chi connectivity index (χ1v) is 5.35. The number of carbonyl (C=O) groups excluding carboxylic acids is 1. The summed E-state index contributed by atoms with van der Waals surface area (Å²) in [4.78, 5) is 10.9. The van der Waals surface area contributed by atoms with Crippen LogP contribution < -0.4 is 0 Å². The highest BCUT2D eigenvalue weighted by atomic mass is 127. The van der Waals surface area contributed by atoms with Crippen molar-refractivity contribution in [1.29, 1.82) is 0 Å². The predicted molar refractivity (Wildman–Crippen MR) is 59.9 cm³/mol. The third-order valence-electron chi connectivity index (χ3n) is 1.91. The summed E-state index contributed by atoms with van der Waals surface area (Å²) in [5.74, 6) is -0.561. The van der Waals surface area contributed by atoms with Gasteiger partial charge in [0, 0.05) is 3.57 Å². The molecule has 1 aromatic rings. The molecule has 0 bridgehead atoms. The monoisotopic (exact) mass is 344 g/mol. The number of methoxy groups -OCH3 is 1. The van der Waals surface area contributed by atoms with Crippen LogP contribution >= 0.6 is 22.6 Å². The third-order valence-corrected chi connectivity index (χ3v) is 2.85. The van der Waals surface area contributed by atoms with Gasteiger partial charge in [-0.3, -0.25) is 4.79 Å². The first-order chi connectivity index (χ1) is 7.34. The van der Waals surface area contributed by atoms with Crippen molar-refractivity contribution in [1.82, 2.24) is 0 Å². The van der Waals surface area contributed by atoms with Gasteiger partial charge in [-0.25, -0.2) is 0 Å². The predicted octanol–water partition coefficient (Wildman–Crippen LogP) is 3.03. The largest absolute Gasteiger partial charge is 0.469 e. The molecule has 0 saturated carbocycles. The van der Waals surface area contributed by atoms with E-state index in [1.54, 1.807) is 22.6 Å². The fourth-order valence-electron chi connectivity index (χ4n) is 1.14. The summed E-state index contributed by atoms with van der Waals surface area (Å²) in [7, 11) is 1.19. The van der Waals surface area contributed by atoms with Gasteiger partial charge in [-0.05, 0) is 40.3 Å².